The molecule has 2 aromatic rings. The maximum Gasteiger partial charge on any atom is 0.256 e. The van der Waals surface area contributed by atoms with Gasteiger partial charge < -0.3 is 10.2 Å². The van der Waals surface area contributed by atoms with E-state index in [4.69, 9.17) is 11.6 Å². The summed E-state index contributed by atoms with van der Waals surface area (Å²) in [6.45, 7) is 0. The number of halogens is 3. The van der Waals surface area contributed by atoms with E-state index in [1.54, 1.807) is 26.2 Å². The van der Waals surface area contributed by atoms with Crippen molar-refractivity contribution in [2.24, 2.45) is 0 Å². The van der Waals surface area contributed by atoms with Crippen molar-refractivity contribution in [2.75, 3.05) is 19.4 Å². The molecule has 120 valence electrons. The second-order valence-electron chi connectivity index (χ2n) is 4.97. The maximum absolute atomic E-state index is 13.1. The molecule has 0 aliphatic heterocycles. The Morgan fingerprint density at radius 2 is 1.87 bits per heavy atom. The highest BCUT2D eigenvalue weighted by Crippen LogP contribution is 2.25. The van der Waals surface area contributed by atoms with Crippen molar-refractivity contribution in [2.45, 2.75) is 0 Å². The van der Waals surface area contributed by atoms with Gasteiger partial charge in [0.25, 0.3) is 11.8 Å². The second-order valence-corrected chi connectivity index (χ2v) is 6.54. The van der Waals surface area contributed by atoms with Crippen molar-refractivity contribution < 1.29 is 14.0 Å². The van der Waals surface area contributed by atoms with E-state index < -0.39 is 11.7 Å². The first-order valence-corrected chi connectivity index (χ1v) is 8.03. The van der Waals surface area contributed by atoms with Crippen LogP contribution in [0.15, 0.2) is 36.4 Å². The molecule has 2 rings (SSSR count). The maximum atomic E-state index is 13.1. The van der Waals surface area contributed by atoms with Gasteiger partial charge in [0.05, 0.1) is 16.3 Å². The van der Waals surface area contributed by atoms with Crippen LogP contribution in [0.1, 0.15) is 20.7 Å². The molecule has 4 nitrogen and oxygen atoms in total. The Morgan fingerprint density at radius 1 is 1.17 bits per heavy atom. The van der Waals surface area contributed by atoms with Gasteiger partial charge in [-0.25, -0.2) is 4.39 Å². The van der Waals surface area contributed by atoms with Crippen molar-refractivity contribution in [3.8, 4) is 0 Å². The first-order chi connectivity index (χ1) is 10.8. The highest BCUT2D eigenvalue weighted by atomic mass is 127. The first kappa shape index (κ1) is 17.7. The predicted octanol–water partition coefficient (Wildman–Crippen LogP) is 4.04. The zero-order chi connectivity index (χ0) is 17.1. The van der Waals surface area contributed by atoms with Crippen LogP contribution in [0.5, 0.6) is 0 Å². The Labute approximate surface area is 151 Å². The van der Waals surface area contributed by atoms with E-state index in [0.29, 0.717) is 25.4 Å². The third-order valence-electron chi connectivity index (χ3n) is 3.04. The van der Waals surface area contributed by atoms with E-state index in [2.05, 4.69) is 5.32 Å². The molecule has 23 heavy (non-hydrogen) atoms. The van der Waals surface area contributed by atoms with Crippen LogP contribution in [0.2, 0.25) is 5.02 Å². The van der Waals surface area contributed by atoms with Crippen LogP contribution in [-0.2, 0) is 0 Å². The zero-order valence-corrected chi connectivity index (χ0v) is 15.3. The molecule has 0 radical (unpaired) electrons. The van der Waals surface area contributed by atoms with Crippen LogP contribution in [-0.4, -0.2) is 30.8 Å². The SMILES string of the molecule is CN(C)C(=O)c1ccc(Cl)c(NC(=O)c2ccc(F)cc2I)c1. The zero-order valence-electron chi connectivity index (χ0n) is 12.4. The van der Waals surface area contributed by atoms with Crippen molar-refractivity contribution in [1.82, 2.24) is 4.90 Å². The quantitative estimate of drug-likeness (QED) is 0.724. The average molecular weight is 447 g/mol. The standard InChI is InChI=1S/C16H13ClFIN2O2/c1-21(2)16(23)9-3-6-12(17)14(7-9)20-15(22)11-5-4-10(18)8-13(11)19/h3-8H,1-2H3,(H,20,22). The third-order valence-corrected chi connectivity index (χ3v) is 4.27. The molecular weight excluding hydrogens is 434 g/mol. The number of amides is 2. The summed E-state index contributed by atoms with van der Waals surface area (Å²) in [6.07, 6.45) is 0. The second kappa shape index (κ2) is 7.27. The number of hydrogen-bond acceptors (Lipinski definition) is 2. The number of nitrogens with zero attached hydrogens (tertiary/aromatic N) is 1. The molecule has 2 amide bonds. The summed E-state index contributed by atoms with van der Waals surface area (Å²) in [6, 6.07) is 8.52. The van der Waals surface area contributed by atoms with Gasteiger partial charge in [-0.15, -0.1) is 0 Å². The lowest BCUT2D eigenvalue weighted by Gasteiger charge is -2.13. The van der Waals surface area contributed by atoms with E-state index in [0.717, 1.165) is 0 Å². The van der Waals surface area contributed by atoms with Crippen LogP contribution in [0.25, 0.3) is 0 Å². The van der Waals surface area contributed by atoms with Crippen molar-refractivity contribution in [3.63, 3.8) is 0 Å². The minimum absolute atomic E-state index is 0.200. The largest absolute Gasteiger partial charge is 0.345 e. The molecule has 2 aromatic carbocycles. The Balaban J connectivity index is 2.30. The highest BCUT2D eigenvalue weighted by molar-refractivity contribution is 14.1. The van der Waals surface area contributed by atoms with Crippen molar-refractivity contribution in [1.29, 1.82) is 0 Å². The molecule has 0 unspecified atom stereocenters. The lowest BCUT2D eigenvalue weighted by Crippen LogP contribution is -2.22. The topological polar surface area (TPSA) is 49.4 Å². The van der Waals surface area contributed by atoms with Gasteiger partial charge in [0.15, 0.2) is 0 Å². The van der Waals surface area contributed by atoms with Gasteiger partial charge in [-0.05, 0) is 59.0 Å². The van der Waals surface area contributed by atoms with Gasteiger partial charge in [-0.2, -0.15) is 0 Å². The molecule has 0 bridgehead atoms. The van der Waals surface area contributed by atoms with Crippen LogP contribution >= 0.6 is 34.2 Å². The highest BCUT2D eigenvalue weighted by Gasteiger charge is 2.15. The van der Waals surface area contributed by atoms with Gasteiger partial charge in [0.1, 0.15) is 5.82 Å². The van der Waals surface area contributed by atoms with E-state index in [9.17, 15) is 14.0 Å². The van der Waals surface area contributed by atoms with Gasteiger partial charge in [-0.1, -0.05) is 11.6 Å². The number of hydrogen-bond donors (Lipinski definition) is 1. The fraction of sp³-hybridized carbons (Fsp3) is 0.125. The Hall–Kier alpha value is -1.67. The minimum atomic E-state index is -0.425. The molecule has 0 aromatic heterocycles. The lowest BCUT2D eigenvalue weighted by molar-refractivity contribution is 0.0827. The van der Waals surface area contributed by atoms with Gasteiger partial charge in [-0.3, -0.25) is 9.59 Å². The molecule has 0 aliphatic carbocycles. The van der Waals surface area contributed by atoms with E-state index >= 15 is 0 Å². The molecule has 0 fully saturated rings. The van der Waals surface area contributed by atoms with E-state index in [-0.39, 0.29) is 5.91 Å². The molecule has 0 atom stereocenters. The first-order valence-electron chi connectivity index (χ1n) is 6.57. The molecule has 0 aliphatic rings. The summed E-state index contributed by atoms with van der Waals surface area (Å²) >= 11 is 7.96. The normalized spacial score (nSPS) is 10.3. The summed E-state index contributed by atoms with van der Waals surface area (Å²) in [5.74, 6) is -1.04. The minimum Gasteiger partial charge on any atom is -0.345 e. The van der Waals surface area contributed by atoms with Gasteiger partial charge in [0.2, 0.25) is 0 Å². The van der Waals surface area contributed by atoms with Crippen LogP contribution in [0.4, 0.5) is 10.1 Å². The molecule has 0 spiro atoms. The van der Waals surface area contributed by atoms with Crippen LogP contribution in [0.3, 0.4) is 0 Å². The molecule has 1 N–H and O–H groups in total. The summed E-state index contributed by atoms with van der Waals surface area (Å²) in [7, 11) is 3.27. The van der Waals surface area contributed by atoms with Crippen molar-refractivity contribution in [3.05, 3.63) is 61.9 Å². The molecular formula is C16H13ClFIN2O2. The number of carbonyl (C=O) groups excluding carboxylic acids is 2. The average Bonchev–Trinajstić information content (AvgIpc) is 2.48. The fourth-order valence-corrected chi connectivity index (χ4v) is 2.76. The fourth-order valence-electron chi connectivity index (χ4n) is 1.88. The summed E-state index contributed by atoms with van der Waals surface area (Å²) in [4.78, 5) is 25.7. The summed E-state index contributed by atoms with van der Waals surface area (Å²) in [5, 5.41) is 2.96. The Kier molecular flexibility index (Phi) is 5.59. The molecule has 0 heterocycles. The van der Waals surface area contributed by atoms with Gasteiger partial charge in [0, 0.05) is 23.2 Å². The smallest absolute Gasteiger partial charge is 0.256 e. The van der Waals surface area contributed by atoms with Gasteiger partial charge >= 0.3 is 0 Å². The third kappa shape index (κ3) is 4.20. The number of anilines is 1. The summed E-state index contributed by atoms with van der Waals surface area (Å²) in [5.41, 5.74) is 1.06. The Bertz CT molecular complexity index is 781. The number of rotatable bonds is 3. The van der Waals surface area contributed by atoms with Crippen molar-refractivity contribution >= 4 is 51.7 Å². The van der Waals surface area contributed by atoms with Crippen LogP contribution in [0, 0.1) is 9.39 Å². The monoisotopic (exact) mass is 446 g/mol. The van der Waals surface area contributed by atoms with Crippen LogP contribution < -0.4 is 5.32 Å². The lowest BCUT2D eigenvalue weighted by atomic mass is 10.1. The summed E-state index contributed by atoms with van der Waals surface area (Å²) < 4.78 is 13.6. The number of carbonyl (C=O) groups is 2. The molecule has 0 saturated carbocycles. The van der Waals surface area contributed by atoms with E-state index in [1.165, 1.54) is 29.2 Å². The van der Waals surface area contributed by atoms with E-state index in [1.807, 2.05) is 22.6 Å². The number of benzene rings is 2. The Morgan fingerprint density at radius 3 is 2.48 bits per heavy atom. The predicted molar refractivity (Wildman–Crippen MR) is 96.5 cm³/mol. The molecule has 0 saturated heterocycles. The number of nitrogens with one attached hydrogen (secondary N) is 1. The molecule has 7 heteroatoms.